The van der Waals surface area contributed by atoms with Crippen molar-refractivity contribution in [2.24, 2.45) is 0 Å². The minimum atomic E-state index is 0.0960. The van der Waals surface area contributed by atoms with Gasteiger partial charge in [-0.15, -0.1) is 11.3 Å². The van der Waals surface area contributed by atoms with Gasteiger partial charge in [0, 0.05) is 23.4 Å². The van der Waals surface area contributed by atoms with E-state index in [9.17, 15) is 0 Å². The van der Waals surface area contributed by atoms with Crippen molar-refractivity contribution in [1.29, 1.82) is 0 Å². The number of thiazole rings is 1. The largest absolute Gasteiger partial charge is 0.389 e. The van der Waals surface area contributed by atoms with E-state index in [1.165, 1.54) is 23.4 Å². The molecule has 2 aliphatic rings. The molecule has 0 spiro atoms. The molecule has 3 nitrogen and oxygen atoms in total. The van der Waals surface area contributed by atoms with Crippen molar-refractivity contribution in [3.8, 4) is 0 Å². The first-order valence-corrected chi connectivity index (χ1v) is 5.92. The third-order valence-corrected chi connectivity index (χ3v) is 4.66. The molecule has 0 aliphatic carbocycles. The second kappa shape index (κ2) is 3.02. The lowest BCUT2D eigenvalue weighted by molar-refractivity contribution is 0.226. The van der Waals surface area contributed by atoms with Crippen LogP contribution in [-0.4, -0.2) is 28.1 Å². The average Bonchev–Trinajstić information content (AvgIpc) is 2.69. The quantitative estimate of drug-likeness (QED) is 0.759. The Kier molecular flexibility index (Phi) is 1.90. The van der Waals surface area contributed by atoms with Gasteiger partial charge in [-0.25, -0.2) is 4.98 Å². The van der Waals surface area contributed by atoms with Gasteiger partial charge in [0.05, 0.1) is 12.3 Å². The van der Waals surface area contributed by atoms with E-state index in [4.69, 9.17) is 5.11 Å². The monoisotopic (exact) mass is 210 g/mol. The molecule has 2 bridgehead atoms. The number of fused-ring (bicyclic) bond motifs is 4. The summed E-state index contributed by atoms with van der Waals surface area (Å²) in [6.45, 7) is 0.0960. The van der Waals surface area contributed by atoms with Crippen LogP contribution in [0, 0.1) is 0 Å². The van der Waals surface area contributed by atoms with Gasteiger partial charge in [0.1, 0.15) is 5.01 Å². The number of hydrogen-bond donors (Lipinski definition) is 1. The third kappa shape index (κ3) is 1.08. The highest BCUT2D eigenvalue weighted by Crippen LogP contribution is 2.44. The Bertz CT molecular complexity index is 363. The molecule has 0 aromatic carbocycles. The van der Waals surface area contributed by atoms with Crippen molar-refractivity contribution in [2.45, 2.75) is 38.0 Å². The van der Waals surface area contributed by atoms with Crippen LogP contribution in [0.3, 0.4) is 0 Å². The Morgan fingerprint density at radius 2 is 2.43 bits per heavy atom. The highest BCUT2D eigenvalue weighted by atomic mass is 32.1. The van der Waals surface area contributed by atoms with Gasteiger partial charge in [0.15, 0.2) is 0 Å². The smallest absolute Gasteiger partial charge is 0.119 e. The topological polar surface area (TPSA) is 36.4 Å². The molecule has 2 atom stereocenters. The van der Waals surface area contributed by atoms with Crippen molar-refractivity contribution >= 4 is 11.3 Å². The van der Waals surface area contributed by atoms with Crippen LogP contribution in [0.4, 0.5) is 0 Å². The normalized spacial score (nSPS) is 30.7. The predicted molar refractivity (Wildman–Crippen MR) is 55.3 cm³/mol. The minimum absolute atomic E-state index is 0.0960. The van der Waals surface area contributed by atoms with Gasteiger partial charge in [-0.2, -0.15) is 0 Å². The fraction of sp³-hybridized carbons (Fsp3) is 0.700. The highest BCUT2D eigenvalue weighted by molar-refractivity contribution is 7.11. The fourth-order valence-corrected chi connectivity index (χ4v) is 3.83. The maximum absolute atomic E-state index is 9.06. The second-order valence-corrected chi connectivity index (χ2v) is 5.31. The first-order valence-electron chi connectivity index (χ1n) is 5.11. The van der Waals surface area contributed by atoms with Crippen LogP contribution in [0.1, 0.15) is 34.5 Å². The number of aliphatic hydroxyl groups is 1. The van der Waals surface area contributed by atoms with Gasteiger partial charge in [-0.3, -0.25) is 4.90 Å². The maximum Gasteiger partial charge on any atom is 0.119 e. The van der Waals surface area contributed by atoms with Crippen LogP contribution in [0.25, 0.3) is 0 Å². The Morgan fingerprint density at radius 1 is 1.57 bits per heavy atom. The summed E-state index contributed by atoms with van der Waals surface area (Å²) in [5.41, 5.74) is 1.25. The molecule has 1 N–H and O–H groups in total. The molecule has 0 amide bonds. The SMILES string of the molecule is CN1C2CCC1c1sc(CO)nc1C2. The molecule has 0 radical (unpaired) electrons. The van der Waals surface area contributed by atoms with E-state index in [0.717, 1.165) is 11.4 Å². The molecule has 3 heterocycles. The summed E-state index contributed by atoms with van der Waals surface area (Å²) in [7, 11) is 2.21. The van der Waals surface area contributed by atoms with E-state index in [1.807, 2.05) is 0 Å². The molecule has 1 fully saturated rings. The van der Waals surface area contributed by atoms with Crippen molar-refractivity contribution < 1.29 is 5.11 Å². The lowest BCUT2D eigenvalue weighted by atomic mass is 10.1. The number of hydrogen-bond acceptors (Lipinski definition) is 4. The lowest BCUT2D eigenvalue weighted by Crippen LogP contribution is -2.33. The zero-order valence-corrected chi connectivity index (χ0v) is 9.05. The zero-order chi connectivity index (χ0) is 9.71. The molecule has 3 rings (SSSR count). The standard InChI is InChI=1S/C10H14N2OS/c1-12-6-2-3-8(12)10-7(4-6)11-9(5-13)14-10/h6,8,13H,2-5H2,1H3. The van der Waals surface area contributed by atoms with Gasteiger partial charge in [0.25, 0.3) is 0 Å². The third-order valence-electron chi connectivity index (χ3n) is 3.48. The van der Waals surface area contributed by atoms with Crippen LogP contribution in [0.5, 0.6) is 0 Å². The molecule has 1 saturated heterocycles. The fourth-order valence-electron chi connectivity index (χ4n) is 2.69. The summed E-state index contributed by atoms with van der Waals surface area (Å²) in [5.74, 6) is 0. The van der Waals surface area contributed by atoms with Gasteiger partial charge in [-0.1, -0.05) is 0 Å². The van der Waals surface area contributed by atoms with Crippen LogP contribution >= 0.6 is 11.3 Å². The zero-order valence-electron chi connectivity index (χ0n) is 8.23. The molecule has 2 unspecified atom stereocenters. The molecule has 76 valence electrons. The molecule has 4 heteroatoms. The van der Waals surface area contributed by atoms with Crippen LogP contribution < -0.4 is 0 Å². The van der Waals surface area contributed by atoms with E-state index >= 15 is 0 Å². The highest BCUT2D eigenvalue weighted by Gasteiger charge is 2.39. The number of aromatic nitrogens is 1. The Morgan fingerprint density at radius 3 is 3.21 bits per heavy atom. The Labute approximate surface area is 87.4 Å². The van der Waals surface area contributed by atoms with Crippen molar-refractivity contribution in [2.75, 3.05) is 7.05 Å². The van der Waals surface area contributed by atoms with Crippen LogP contribution in [0.15, 0.2) is 0 Å². The molecule has 0 saturated carbocycles. The summed E-state index contributed by atoms with van der Waals surface area (Å²) in [6, 6.07) is 1.28. The molecule has 1 aromatic heterocycles. The van der Waals surface area contributed by atoms with E-state index < -0.39 is 0 Å². The van der Waals surface area contributed by atoms with Crippen molar-refractivity contribution in [3.63, 3.8) is 0 Å². The predicted octanol–water partition coefficient (Wildman–Crippen LogP) is 1.33. The van der Waals surface area contributed by atoms with E-state index in [0.29, 0.717) is 12.1 Å². The van der Waals surface area contributed by atoms with Gasteiger partial charge in [-0.05, 0) is 19.9 Å². The first kappa shape index (κ1) is 8.83. The maximum atomic E-state index is 9.06. The first-order chi connectivity index (χ1) is 6.79. The number of rotatable bonds is 1. The molecule has 14 heavy (non-hydrogen) atoms. The Balaban J connectivity index is 2.05. The minimum Gasteiger partial charge on any atom is -0.389 e. The lowest BCUT2D eigenvalue weighted by Gasteiger charge is -2.29. The summed E-state index contributed by atoms with van der Waals surface area (Å²) in [5, 5.41) is 9.94. The van der Waals surface area contributed by atoms with Gasteiger partial charge >= 0.3 is 0 Å². The molecule has 1 aromatic rings. The van der Waals surface area contributed by atoms with Crippen LogP contribution in [-0.2, 0) is 13.0 Å². The van der Waals surface area contributed by atoms with E-state index in [1.54, 1.807) is 11.3 Å². The van der Waals surface area contributed by atoms with Crippen LogP contribution in [0.2, 0.25) is 0 Å². The van der Waals surface area contributed by atoms with Crippen molar-refractivity contribution in [3.05, 3.63) is 15.6 Å². The molecule has 2 aliphatic heterocycles. The Hall–Kier alpha value is -0.450. The summed E-state index contributed by atoms with van der Waals surface area (Å²) < 4.78 is 0. The van der Waals surface area contributed by atoms with Crippen molar-refractivity contribution in [1.82, 2.24) is 9.88 Å². The molecular formula is C10H14N2OS. The summed E-state index contributed by atoms with van der Waals surface area (Å²) in [6.07, 6.45) is 3.65. The molecular weight excluding hydrogens is 196 g/mol. The summed E-state index contributed by atoms with van der Waals surface area (Å²) in [4.78, 5) is 8.37. The van der Waals surface area contributed by atoms with Gasteiger partial charge < -0.3 is 5.11 Å². The summed E-state index contributed by atoms with van der Waals surface area (Å²) >= 11 is 1.70. The van der Waals surface area contributed by atoms with Gasteiger partial charge in [0.2, 0.25) is 0 Å². The average molecular weight is 210 g/mol. The van der Waals surface area contributed by atoms with E-state index in [-0.39, 0.29) is 6.61 Å². The van der Waals surface area contributed by atoms with E-state index in [2.05, 4.69) is 16.9 Å². The number of aliphatic hydroxyl groups excluding tert-OH is 1. The number of nitrogens with zero attached hydrogens (tertiary/aromatic N) is 2. The number of likely N-dealkylation sites (N-methyl/N-ethyl adjacent to an activating group) is 1. The second-order valence-electron chi connectivity index (χ2n) is 4.19.